The first kappa shape index (κ1) is 24.4. The summed E-state index contributed by atoms with van der Waals surface area (Å²) in [4.78, 5) is 7.26. The summed E-state index contributed by atoms with van der Waals surface area (Å²) in [5.41, 5.74) is 7.28. The van der Waals surface area contributed by atoms with E-state index in [1.165, 1.54) is 26.9 Å². The molecule has 5 nitrogen and oxygen atoms in total. The van der Waals surface area contributed by atoms with Gasteiger partial charge < -0.3 is 19.1 Å². The van der Waals surface area contributed by atoms with Crippen molar-refractivity contribution in [2.75, 3.05) is 16.8 Å². The Balaban J connectivity index is 1.30. The van der Waals surface area contributed by atoms with E-state index in [2.05, 4.69) is 119 Å². The molecule has 1 N–H and O–H groups in total. The van der Waals surface area contributed by atoms with Crippen LogP contribution in [0.25, 0.3) is 71.4 Å². The van der Waals surface area contributed by atoms with Gasteiger partial charge in [-0.25, -0.2) is 4.98 Å². The lowest BCUT2D eigenvalue weighted by atomic mass is 9.95. The Bertz CT molecular complexity index is 2680. The van der Waals surface area contributed by atoms with Gasteiger partial charge in [-0.05, 0) is 57.3 Å². The summed E-state index contributed by atoms with van der Waals surface area (Å²) in [5.74, 6) is 0.809. The molecular weight excluding hydrogens is 554 g/mol. The molecule has 0 atom stereocenters. The number of hydrogen-bond donors (Lipinski definition) is 1. The predicted octanol–water partition coefficient (Wildman–Crippen LogP) is 11.1. The number of furan rings is 2. The SMILES string of the molecule is C1=Cc2c(oc3cc(N(c4cnc5c(c4)oc4ccccc45)c4cc5c6ccccc6ccc5c5ccccc45)ccc23)NC1. The molecule has 1 aliphatic heterocycles. The first-order chi connectivity index (χ1) is 22.3. The maximum atomic E-state index is 6.36. The van der Waals surface area contributed by atoms with Crippen molar-refractivity contribution in [3.8, 4) is 0 Å². The number of benzene rings is 6. The average molecular weight is 580 g/mol. The molecular formula is C40H25N3O2. The normalized spacial score (nSPS) is 12.9. The number of para-hydroxylation sites is 1. The van der Waals surface area contributed by atoms with E-state index in [0.717, 1.165) is 73.5 Å². The molecule has 212 valence electrons. The van der Waals surface area contributed by atoms with Crippen LogP contribution in [0.5, 0.6) is 0 Å². The van der Waals surface area contributed by atoms with Crippen LogP contribution in [0.3, 0.4) is 0 Å². The fraction of sp³-hybridized carbons (Fsp3) is 0.0250. The molecule has 0 saturated heterocycles. The predicted molar refractivity (Wildman–Crippen MR) is 186 cm³/mol. The van der Waals surface area contributed by atoms with Crippen LogP contribution >= 0.6 is 0 Å². The van der Waals surface area contributed by atoms with Gasteiger partial charge in [0.25, 0.3) is 0 Å². The molecule has 5 heteroatoms. The molecule has 3 aromatic heterocycles. The van der Waals surface area contributed by atoms with Crippen molar-refractivity contribution in [2.45, 2.75) is 0 Å². The zero-order valence-electron chi connectivity index (χ0n) is 24.1. The molecule has 0 amide bonds. The molecule has 0 unspecified atom stereocenters. The molecule has 0 spiro atoms. The maximum absolute atomic E-state index is 6.36. The van der Waals surface area contributed by atoms with Crippen LogP contribution < -0.4 is 10.2 Å². The van der Waals surface area contributed by atoms with E-state index in [1.54, 1.807) is 0 Å². The van der Waals surface area contributed by atoms with Crippen LogP contribution in [-0.2, 0) is 0 Å². The third-order valence-electron chi connectivity index (χ3n) is 9.08. The number of fused-ring (bicyclic) bond motifs is 11. The van der Waals surface area contributed by atoms with E-state index in [1.807, 2.05) is 24.4 Å². The minimum atomic E-state index is 0.748. The maximum Gasteiger partial charge on any atom is 0.201 e. The van der Waals surface area contributed by atoms with Crippen LogP contribution in [0.1, 0.15) is 5.56 Å². The number of aromatic nitrogens is 1. The molecule has 0 bridgehead atoms. The smallest absolute Gasteiger partial charge is 0.201 e. The molecule has 4 heterocycles. The Morgan fingerprint density at radius 1 is 0.578 bits per heavy atom. The monoisotopic (exact) mass is 579 g/mol. The standard InChI is InChI=1S/C40H25N3O2/c1-2-9-27-24(8-1)15-17-29-28-10-3-4-11-30(28)35(22-34(27)29)43(25-16-18-31-32-13-7-19-41-40(32)45-37(31)20-25)26-21-38-39(42-23-26)33-12-5-6-14-36(33)44-38/h1-18,20-23,41H,19H2. The lowest BCUT2D eigenvalue weighted by molar-refractivity contribution is 0.628. The summed E-state index contributed by atoms with van der Waals surface area (Å²) < 4.78 is 12.7. The van der Waals surface area contributed by atoms with E-state index in [4.69, 9.17) is 13.8 Å². The summed E-state index contributed by atoms with van der Waals surface area (Å²) in [6.45, 7) is 0.756. The molecule has 45 heavy (non-hydrogen) atoms. The molecule has 1 aliphatic rings. The lowest BCUT2D eigenvalue weighted by Gasteiger charge is -2.27. The van der Waals surface area contributed by atoms with Gasteiger partial charge in [0.15, 0.2) is 5.58 Å². The van der Waals surface area contributed by atoms with Crippen molar-refractivity contribution in [3.05, 3.63) is 133 Å². The summed E-state index contributed by atoms with van der Waals surface area (Å²) in [6.07, 6.45) is 6.21. The summed E-state index contributed by atoms with van der Waals surface area (Å²) in [6, 6.07) is 40.7. The average Bonchev–Trinajstić information content (AvgIpc) is 3.66. The highest BCUT2D eigenvalue weighted by Crippen LogP contribution is 2.45. The number of anilines is 4. The van der Waals surface area contributed by atoms with Crippen molar-refractivity contribution >= 4 is 94.4 Å². The summed E-state index contributed by atoms with van der Waals surface area (Å²) in [7, 11) is 0. The van der Waals surface area contributed by atoms with Crippen molar-refractivity contribution in [1.29, 1.82) is 0 Å². The van der Waals surface area contributed by atoms with Gasteiger partial charge in [-0.3, -0.25) is 0 Å². The number of pyridine rings is 1. The van der Waals surface area contributed by atoms with Crippen LogP contribution in [0, 0.1) is 0 Å². The first-order valence-electron chi connectivity index (χ1n) is 15.2. The lowest BCUT2D eigenvalue weighted by Crippen LogP contribution is -2.11. The van der Waals surface area contributed by atoms with E-state index >= 15 is 0 Å². The van der Waals surface area contributed by atoms with Crippen LogP contribution in [0.15, 0.2) is 136 Å². The Hall–Kier alpha value is -6.07. The van der Waals surface area contributed by atoms with Crippen molar-refractivity contribution in [2.24, 2.45) is 0 Å². The second-order valence-corrected chi connectivity index (χ2v) is 11.6. The number of nitrogens with zero attached hydrogens (tertiary/aromatic N) is 2. The number of rotatable bonds is 3. The van der Waals surface area contributed by atoms with Crippen LogP contribution in [0.4, 0.5) is 22.9 Å². The van der Waals surface area contributed by atoms with Crippen LogP contribution in [-0.4, -0.2) is 11.5 Å². The van der Waals surface area contributed by atoms with Gasteiger partial charge in [0, 0.05) is 46.1 Å². The number of hydrogen-bond acceptors (Lipinski definition) is 5. The Morgan fingerprint density at radius 2 is 1.33 bits per heavy atom. The Kier molecular flexibility index (Phi) is 4.99. The van der Waals surface area contributed by atoms with E-state index in [-0.39, 0.29) is 0 Å². The van der Waals surface area contributed by atoms with Gasteiger partial charge >= 0.3 is 0 Å². The van der Waals surface area contributed by atoms with Gasteiger partial charge in [-0.2, -0.15) is 0 Å². The second kappa shape index (κ2) is 9.21. The fourth-order valence-electron chi connectivity index (χ4n) is 7.03. The number of nitrogens with one attached hydrogen (secondary N) is 1. The third-order valence-corrected chi connectivity index (χ3v) is 9.08. The highest BCUT2D eigenvalue weighted by molar-refractivity contribution is 6.21. The zero-order valence-corrected chi connectivity index (χ0v) is 24.1. The second-order valence-electron chi connectivity index (χ2n) is 11.6. The first-order valence-corrected chi connectivity index (χ1v) is 15.2. The minimum Gasteiger partial charge on any atom is -0.454 e. The molecule has 0 radical (unpaired) electrons. The van der Waals surface area contributed by atoms with Gasteiger partial charge in [0.2, 0.25) is 5.88 Å². The highest BCUT2D eigenvalue weighted by Gasteiger charge is 2.22. The van der Waals surface area contributed by atoms with E-state index in [9.17, 15) is 0 Å². The minimum absolute atomic E-state index is 0.748. The Morgan fingerprint density at radius 3 is 2.27 bits per heavy atom. The van der Waals surface area contributed by atoms with Gasteiger partial charge in [-0.1, -0.05) is 84.9 Å². The molecule has 6 aromatic carbocycles. The van der Waals surface area contributed by atoms with Gasteiger partial charge in [0.1, 0.15) is 16.7 Å². The molecule has 9 aromatic rings. The van der Waals surface area contributed by atoms with Crippen molar-refractivity contribution < 1.29 is 8.83 Å². The Labute approximate surface area is 257 Å². The fourth-order valence-corrected chi connectivity index (χ4v) is 7.03. The largest absolute Gasteiger partial charge is 0.454 e. The van der Waals surface area contributed by atoms with E-state index in [0.29, 0.717) is 0 Å². The topological polar surface area (TPSA) is 54.4 Å². The third kappa shape index (κ3) is 3.58. The quantitative estimate of drug-likeness (QED) is 0.211. The van der Waals surface area contributed by atoms with Gasteiger partial charge in [-0.15, -0.1) is 0 Å². The molecule has 0 saturated carbocycles. The van der Waals surface area contributed by atoms with Crippen molar-refractivity contribution in [3.63, 3.8) is 0 Å². The summed E-state index contributed by atoms with van der Waals surface area (Å²) >= 11 is 0. The van der Waals surface area contributed by atoms with Crippen LogP contribution in [0.2, 0.25) is 0 Å². The molecule has 0 fully saturated rings. The molecule has 0 aliphatic carbocycles. The zero-order chi connectivity index (χ0) is 29.5. The van der Waals surface area contributed by atoms with Crippen molar-refractivity contribution in [1.82, 2.24) is 4.98 Å². The highest BCUT2D eigenvalue weighted by atomic mass is 16.4. The van der Waals surface area contributed by atoms with Gasteiger partial charge in [0.05, 0.1) is 17.6 Å². The molecule has 10 rings (SSSR count). The van der Waals surface area contributed by atoms with E-state index < -0.39 is 0 Å². The summed E-state index contributed by atoms with van der Waals surface area (Å²) in [5, 5.41) is 12.7.